The molecule has 0 N–H and O–H groups in total. The molecule has 0 aromatic carbocycles. The van der Waals surface area contributed by atoms with Gasteiger partial charge in [-0.05, 0) is 25.7 Å². The molecule has 0 bridgehead atoms. The van der Waals surface area contributed by atoms with Crippen LogP contribution in [0.4, 0.5) is 0 Å². The van der Waals surface area contributed by atoms with Crippen molar-refractivity contribution in [2.24, 2.45) is 0 Å². The fraction of sp³-hybridized carbons (Fsp3) is 0.556. The van der Waals surface area contributed by atoms with Crippen LogP contribution in [0.5, 0.6) is 0 Å². The van der Waals surface area contributed by atoms with Crippen LogP contribution in [-0.4, -0.2) is 15.0 Å². The lowest BCUT2D eigenvalue weighted by Crippen LogP contribution is -2.08. The van der Waals surface area contributed by atoms with Crippen molar-refractivity contribution in [1.82, 2.24) is 15.0 Å². The largest absolute Gasteiger partial charge is 0.237 e. The van der Waals surface area contributed by atoms with Gasteiger partial charge in [-0.15, -0.1) is 11.5 Å². The Morgan fingerprint density at radius 1 is 1.42 bits per heavy atom. The molecule has 0 atom stereocenters. The zero-order valence-electron chi connectivity index (χ0n) is 6.95. The molecule has 1 aromatic rings. The van der Waals surface area contributed by atoms with E-state index in [2.05, 4.69) is 16.2 Å². The first-order valence-electron chi connectivity index (χ1n) is 4.26. The topological polar surface area (TPSA) is 30.7 Å². The van der Waals surface area contributed by atoms with Gasteiger partial charge in [-0.1, -0.05) is 11.1 Å². The van der Waals surface area contributed by atoms with E-state index in [0.717, 1.165) is 18.5 Å². The Bertz CT molecular complexity index is 319. The summed E-state index contributed by atoms with van der Waals surface area (Å²) in [4.78, 5) is 0. The number of hydrogen-bond acceptors (Lipinski definition) is 2. The van der Waals surface area contributed by atoms with E-state index in [1.54, 1.807) is 0 Å². The SMILES string of the molecule is C#CCn1nnc2c1CCCC2. The smallest absolute Gasteiger partial charge is 0.103 e. The second-order valence-corrected chi connectivity index (χ2v) is 3.05. The highest BCUT2D eigenvalue weighted by atomic mass is 15.4. The number of hydrogen-bond donors (Lipinski definition) is 0. The van der Waals surface area contributed by atoms with E-state index in [0.29, 0.717) is 6.54 Å². The van der Waals surface area contributed by atoms with Crippen LogP contribution in [-0.2, 0) is 19.4 Å². The highest BCUT2D eigenvalue weighted by Crippen LogP contribution is 2.17. The maximum atomic E-state index is 5.21. The van der Waals surface area contributed by atoms with Crippen molar-refractivity contribution in [1.29, 1.82) is 0 Å². The third-order valence-corrected chi connectivity index (χ3v) is 2.24. The average Bonchev–Trinajstić information content (AvgIpc) is 2.50. The van der Waals surface area contributed by atoms with Crippen molar-refractivity contribution < 1.29 is 0 Å². The van der Waals surface area contributed by atoms with E-state index in [1.165, 1.54) is 18.5 Å². The lowest BCUT2D eigenvalue weighted by atomic mass is 10.0. The molecule has 0 aliphatic heterocycles. The van der Waals surface area contributed by atoms with Gasteiger partial charge in [0, 0.05) is 0 Å². The molecule has 0 unspecified atom stereocenters. The van der Waals surface area contributed by atoms with Gasteiger partial charge in [0.1, 0.15) is 6.54 Å². The number of nitrogens with zero attached hydrogens (tertiary/aromatic N) is 3. The number of aromatic nitrogens is 3. The quantitative estimate of drug-likeness (QED) is 0.570. The van der Waals surface area contributed by atoms with Crippen LogP contribution < -0.4 is 0 Å². The fourth-order valence-corrected chi connectivity index (χ4v) is 1.63. The van der Waals surface area contributed by atoms with Gasteiger partial charge in [0.2, 0.25) is 0 Å². The molecule has 1 aliphatic rings. The third kappa shape index (κ3) is 1.10. The molecule has 0 radical (unpaired) electrons. The third-order valence-electron chi connectivity index (χ3n) is 2.24. The van der Waals surface area contributed by atoms with Crippen LogP contribution in [0.3, 0.4) is 0 Å². The number of aryl methyl sites for hydroxylation is 1. The van der Waals surface area contributed by atoms with Crippen molar-refractivity contribution in [2.45, 2.75) is 32.2 Å². The zero-order valence-corrected chi connectivity index (χ0v) is 6.95. The van der Waals surface area contributed by atoms with Gasteiger partial charge in [0.25, 0.3) is 0 Å². The predicted octanol–water partition coefficient (Wildman–Crippen LogP) is 0.790. The van der Waals surface area contributed by atoms with E-state index < -0.39 is 0 Å². The first-order valence-corrected chi connectivity index (χ1v) is 4.26. The van der Waals surface area contributed by atoms with E-state index in [4.69, 9.17) is 6.42 Å². The van der Waals surface area contributed by atoms with Crippen LogP contribution >= 0.6 is 0 Å². The highest BCUT2D eigenvalue weighted by Gasteiger charge is 2.15. The molecule has 1 aromatic heterocycles. The molecule has 62 valence electrons. The average molecular weight is 161 g/mol. The summed E-state index contributed by atoms with van der Waals surface area (Å²) >= 11 is 0. The number of rotatable bonds is 1. The molecule has 1 heterocycles. The summed E-state index contributed by atoms with van der Waals surface area (Å²) in [7, 11) is 0. The maximum Gasteiger partial charge on any atom is 0.103 e. The van der Waals surface area contributed by atoms with Gasteiger partial charge in [-0.3, -0.25) is 0 Å². The Morgan fingerprint density at radius 3 is 3.08 bits per heavy atom. The van der Waals surface area contributed by atoms with Crippen molar-refractivity contribution in [3.63, 3.8) is 0 Å². The second kappa shape index (κ2) is 2.98. The monoisotopic (exact) mass is 161 g/mol. The highest BCUT2D eigenvalue weighted by molar-refractivity contribution is 5.14. The molecule has 0 fully saturated rings. The molecule has 0 saturated heterocycles. The van der Waals surface area contributed by atoms with Crippen LogP contribution in [0.2, 0.25) is 0 Å². The molecule has 3 heteroatoms. The zero-order chi connectivity index (χ0) is 8.39. The molecular weight excluding hydrogens is 150 g/mol. The van der Waals surface area contributed by atoms with Gasteiger partial charge in [0.15, 0.2) is 0 Å². The minimum absolute atomic E-state index is 0.558. The van der Waals surface area contributed by atoms with Gasteiger partial charge >= 0.3 is 0 Å². The Balaban J connectivity index is 2.33. The summed E-state index contributed by atoms with van der Waals surface area (Å²) in [5.74, 6) is 2.58. The van der Waals surface area contributed by atoms with E-state index in [1.807, 2.05) is 4.68 Å². The summed E-state index contributed by atoms with van der Waals surface area (Å²) in [6, 6.07) is 0. The molecule has 0 amide bonds. The minimum Gasteiger partial charge on any atom is -0.237 e. The molecule has 2 rings (SSSR count). The number of terminal acetylenes is 1. The van der Waals surface area contributed by atoms with Gasteiger partial charge in [0.05, 0.1) is 11.4 Å². The van der Waals surface area contributed by atoms with Gasteiger partial charge in [-0.25, -0.2) is 4.68 Å². The molecular formula is C9H11N3. The molecule has 0 spiro atoms. The van der Waals surface area contributed by atoms with Crippen LogP contribution in [0.1, 0.15) is 24.2 Å². The fourth-order valence-electron chi connectivity index (χ4n) is 1.63. The van der Waals surface area contributed by atoms with Crippen molar-refractivity contribution in [3.8, 4) is 12.3 Å². The second-order valence-electron chi connectivity index (χ2n) is 3.05. The summed E-state index contributed by atoms with van der Waals surface area (Å²) < 4.78 is 1.84. The standard InChI is InChI=1S/C9H11N3/c1-2-7-12-9-6-4-3-5-8(9)10-11-12/h1H,3-7H2. The number of fused-ring (bicyclic) bond motifs is 1. The molecule has 3 nitrogen and oxygen atoms in total. The van der Waals surface area contributed by atoms with Gasteiger partial charge < -0.3 is 0 Å². The summed E-state index contributed by atoms with van der Waals surface area (Å²) in [6.45, 7) is 0.558. The lowest BCUT2D eigenvalue weighted by Gasteiger charge is -2.09. The van der Waals surface area contributed by atoms with E-state index in [9.17, 15) is 0 Å². The van der Waals surface area contributed by atoms with Crippen LogP contribution in [0.15, 0.2) is 0 Å². The molecule has 1 aliphatic carbocycles. The Kier molecular flexibility index (Phi) is 1.83. The maximum absolute atomic E-state index is 5.21. The van der Waals surface area contributed by atoms with Crippen molar-refractivity contribution in [2.75, 3.05) is 0 Å². The predicted molar refractivity (Wildman–Crippen MR) is 45.5 cm³/mol. The van der Waals surface area contributed by atoms with E-state index >= 15 is 0 Å². The Morgan fingerprint density at radius 2 is 2.25 bits per heavy atom. The van der Waals surface area contributed by atoms with Crippen LogP contribution in [0.25, 0.3) is 0 Å². The van der Waals surface area contributed by atoms with Crippen molar-refractivity contribution >= 4 is 0 Å². The lowest BCUT2D eigenvalue weighted by molar-refractivity contribution is 0.604. The summed E-state index contributed by atoms with van der Waals surface area (Å²) in [5, 5.41) is 8.10. The first-order chi connectivity index (χ1) is 5.92. The molecule has 12 heavy (non-hydrogen) atoms. The minimum atomic E-state index is 0.558. The van der Waals surface area contributed by atoms with E-state index in [-0.39, 0.29) is 0 Å². The molecule has 0 saturated carbocycles. The van der Waals surface area contributed by atoms with Gasteiger partial charge in [-0.2, -0.15) is 0 Å². The van der Waals surface area contributed by atoms with Crippen molar-refractivity contribution in [3.05, 3.63) is 11.4 Å². The normalized spacial score (nSPS) is 15.2. The summed E-state index contributed by atoms with van der Waals surface area (Å²) in [5.41, 5.74) is 2.40. The van der Waals surface area contributed by atoms with Crippen LogP contribution in [0, 0.1) is 12.3 Å². The summed E-state index contributed by atoms with van der Waals surface area (Å²) in [6.07, 6.45) is 9.85. The Labute approximate surface area is 71.8 Å². The Hall–Kier alpha value is -1.30. The first kappa shape index (κ1) is 7.35.